The van der Waals surface area contributed by atoms with Gasteiger partial charge in [-0.1, -0.05) is 12.1 Å². The molecular formula is C22H24F3N3O2S. The van der Waals surface area contributed by atoms with E-state index >= 15 is 0 Å². The van der Waals surface area contributed by atoms with Crippen LogP contribution in [-0.2, 0) is 22.3 Å². The molecule has 1 aromatic heterocycles. The van der Waals surface area contributed by atoms with Crippen LogP contribution in [0.15, 0.2) is 30.5 Å². The molecule has 0 N–H and O–H groups in total. The summed E-state index contributed by atoms with van der Waals surface area (Å²) in [4.78, 5) is 35.2. The number of aryl methyl sites for hydroxylation is 1. The lowest BCUT2D eigenvalue weighted by Gasteiger charge is -2.57. The second-order valence-electron chi connectivity index (χ2n) is 8.65. The van der Waals surface area contributed by atoms with E-state index in [0.29, 0.717) is 18.4 Å². The normalized spacial score (nSPS) is 24.3. The number of thiazole rings is 1. The molecule has 1 aliphatic heterocycles. The lowest BCUT2D eigenvalue weighted by molar-refractivity contribution is -0.176. The number of hydrogen-bond acceptors (Lipinski definition) is 4. The quantitative estimate of drug-likeness (QED) is 0.694. The molecule has 2 aromatic rings. The van der Waals surface area contributed by atoms with Gasteiger partial charge in [0, 0.05) is 29.6 Å². The highest BCUT2D eigenvalue weighted by molar-refractivity contribution is 7.11. The molecule has 2 fully saturated rings. The van der Waals surface area contributed by atoms with Crippen LogP contribution in [0.2, 0.25) is 0 Å². The van der Waals surface area contributed by atoms with Crippen LogP contribution in [0, 0.1) is 6.92 Å². The maximum Gasteiger partial charge on any atom is 0.416 e. The second kappa shape index (κ2) is 7.62. The zero-order valence-corrected chi connectivity index (χ0v) is 18.4. The second-order valence-corrected chi connectivity index (χ2v) is 9.91. The lowest BCUT2D eigenvalue weighted by atomic mass is 9.65. The molecule has 5 nitrogen and oxygen atoms in total. The Kier molecular flexibility index (Phi) is 5.36. The van der Waals surface area contributed by atoms with E-state index in [9.17, 15) is 22.8 Å². The minimum atomic E-state index is -4.42. The SMILES string of the molecule is Cc1cnc([C@H]2C[C@@]3(C2)C(=O)N(C(C)C)CC(=O)N3Cc2ccc(C(F)(F)F)cc2)s1. The van der Waals surface area contributed by atoms with E-state index < -0.39 is 17.3 Å². The van der Waals surface area contributed by atoms with Gasteiger partial charge in [0.2, 0.25) is 11.8 Å². The molecule has 2 amide bonds. The number of amides is 2. The van der Waals surface area contributed by atoms with Crippen LogP contribution in [0.3, 0.4) is 0 Å². The van der Waals surface area contributed by atoms with Gasteiger partial charge in [0.15, 0.2) is 0 Å². The van der Waals surface area contributed by atoms with Gasteiger partial charge >= 0.3 is 6.18 Å². The first-order chi connectivity index (χ1) is 14.5. The van der Waals surface area contributed by atoms with Crippen molar-refractivity contribution in [1.29, 1.82) is 0 Å². The third-order valence-electron chi connectivity index (χ3n) is 6.18. The Bertz CT molecular complexity index is 994. The van der Waals surface area contributed by atoms with Crippen molar-refractivity contribution in [3.05, 3.63) is 51.5 Å². The van der Waals surface area contributed by atoms with E-state index in [1.807, 2.05) is 20.8 Å². The Morgan fingerprint density at radius 1 is 1.19 bits per heavy atom. The van der Waals surface area contributed by atoms with E-state index in [1.165, 1.54) is 12.1 Å². The number of aromatic nitrogens is 1. The molecule has 31 heavy (non-hydrogen) atoms. The molecule has 2 heterocycles. The van der Waals surface area contributed by atoms with Crippen LogP contribution in [0.4, 0.5) is 13.2 Å². The van der Waals surface area contributed by atoms with E-state index in [4.69, 9.17) is 0 Å². The van der Waals surface area contributed by atoms with Crippen molar-refractivity contribution in [3.63, 3.8) is 0 Å². The van der Waals surface area contributed by atoms with Crippen molar-refractivity contribution >= 4 is 23.2 Å². The van der Waals surface area contributed by atoms with Crippen LogP contribution >= 0.6 is 11.3 Å². The summed E-state index contributed by atoms with van der Waals surface area (Å²) in [7, 11) is 0. The molecule has 2 aliphatic rings. The first kappa shape index (κ1) is 21.8. The van der Waals surface area contributed by atoms with Crippen LogP contribution < -0.4 is 0 Å². The molecule has 0 unspecified atom stereocenters. The summed E-state index contributed by atoms with van der Waals surface area (Å²) < 4.78 is 38.6. The molecule has 1 saturated heterocycles. The van der Waals surface area contributed by atoms with E-state index in [1.54, 1.807) is 27.3 Å². The van der Waals surface area contributed by atoms with Crippen LogP contribution in [0.1, 0.15) is 53.6 Å². The highest BCUT2D eigenvalue weighted by Gasteiger charge is 2.60. The Balaban J connectivity index is 1.61. The minimum Gasteiger partial charge on any atom is -0.329 e. The summed E-state index contributed by atoms with van der Waals surface area (Å²) >= 11 is 1.59. The summed E-state index contributed by atoms with van der Waals surface area (Å²) in [5.41, 5.74) is -1.13. The first-order valence-corrected chi connectivity index (χ1v) is 11.0. The molecule has 0 radical (unpaired) electrons. The Morgan fingerprint density at radius 3 is 2.35 bits per heavy atom. The van der Waals surface area contributed by atoms with Gasteiger partial charge in [0.25, 0.3) is 0 Å². The van der Waals surface area contributed by atoms with Gasteiger partial charge < -0.3 is 9.80 Å². The van der Waals surface area contributed by atoms with E-state index in [-0.39, 0.29) is 36.9 Å². The van der Waals surface area contributed by atoms with Gasteiger partial charge in [-0.25, -0.2) is 4.98 Å². The van der Waals surface area contributed by atoms with Crippen molar-refractivity contribution in [1.82, 2.24) is 14.8 Å². The Labute approximate surface area is 182 Å². The van der Waals surface area contributed by atoms with Gasteiger partial charge in [0.1, 0.15) is 12.1 Å². The average molecular weight is 452 g/mol. The number of piperazine rings is 1. The fourth-order valence-electron chi connectivity index (χ4n) is 4.45. The van der Waals surface area contributed by atoms with Gasteiger partial charge in [-0.05, 0) is 51.3 Å². The first-order valence-electron chi connectivity index (χ1n) is 10.2. The lowest BCUT2D eigenvalue weighted by Crippen LogP contribution is -2.72. The molecule has 9 heteroatoms. The number of carbonyl (C=O) groups is 2. The van der Waals surface area contributed by atoms with Crippen LogP contribution in [0.25, 0.3) is 0 Å². The summed E-state index contributed by atoms with van der Waals surface area (Å²) in [6, 6.07) is 4.68. The molecule has 0 bridgehead atoms. The monoisotopic (exact) mass is 451 g/mol. The third-order valence-corrected chi connectivity index (χ3v) is 7.26. The van der Waals surface area contributed by atoms with Crippen molar-refractivity contribution in [2.75, 3.05) is 6.54 Å². The van der Waals surface area contributed by atoms with Crippen molar-refractivity contribution in [2.24, 2.45) is 0 Å². The fraction of sp³-hybridized carbons (Fsp3) is 0.500. The summed E-state index contributed by atoms with van der Waals surface area (Å²) in [6.45, 7) is 5.83. The number of halogens is 3. The summed E-state index contributed by atoms with van der Waals surface area (Å²) in [6.07, 6.45) is -1.65. The highest BCUT2D eigenvalue weighted by Crippen LogP contribution is 2.52. The van der Waals surface area contributed by atoms with Crippen LogP contribution in [0.5, 0.6) is 0 Å². The van der Waals surface area contributed by atoms with Gasteiger partial charge in [-0.3, -0.25) is 9.59 Å². The van der Waals surface area contributed by atoms with Crippen molar-refractivity contribution in [3.8, 4) is 0 Å². The number of alkyl halides is 3. The van der Waals surface area contributed by atoms with E-state index in [0.717, 1.165) is 22.0 Å². The number of hydrogen-bond donors (Lipinski definition) is 0. The standard InChI is InChI=1S/C22H24F3N3O2S/c1-13(2)27-12-18(29)28(11-15-4-6-17(7-5-15)22(23,24)25)21(20(27)30)8-16(9-21)19-26-10-14(3)31-19/h4-7,10,13,16H,8-9,11-12H2,1-3H3/t16-,21+. The molecule has 0 atom stereocenters. The zero-order valence-electron chi connectivity index (χ0n) is 17.6. The third kappa shape index (κ3) is 3.84. The smallest absolute Gasteiger partial charge is 0.329 e. The van der Waals surface area contributed by atoms with Crippen molar-refractivity contribution < 1.29 is 22.8 Å². The summed E-state index contributed by atoms with van der Waals surface area (Å²) in [5.74, 6) is -0.168. The molecule has 1 saturated carbocycles. The topological polar surface area (TPSA) is 53.5 Å². The Morgan fingerprint density at radius 2 is 1.84 bits per heavy atom. The maximum absolute atomic E-state index is 13.5. The van der Waals surface area contributed by atoms with Crippen molar-refractivity contribution in [2.45, 2.75) is 63.8 Å². The maximum atomic E-state index is 13.5. The zero-order chi connectivity index (χ0) is 22.6. The molecule has 166 valence electrons. The molecule has 1 aromatic carbocycles. The molecule has 4 rings (SSSR count). The largest absolute Gasteiger partial charge is 0.416 e. The Hall–Kier alpha value is -2.42. The predicted octanol–water partition coefficient (Wildman–Crippen LogP) is 4.37. The number of benzene rings is 1. The average Bonchev–Trinajstić information content (AvgIpc) is 3.08. The summed E-state index contributed by atoms with van der Waals surface area (Å²) in [5, 5.41) is 0.958. The number of rotatable bonds is 4. The molecule has 1 spiro atoms. The fourth-order valence-corrected chi connectivity index (χ4v) is 5.32. The number of nitrogens with zero attached hydrogens (tertiary/aromatic N) is 3. The van der Waals surface area contributed by atoms with E-state index in [2.05, 4.69) is 4.98 Å². The molecular weight excluding hydrogens is 427 g/mol. The minimum absolute atomic E-state index is 0.0140. The molecule has 1 aliphatic carbocycles. The van der Waals surface area contributed by atoms with Crippen LogP contribution in [-0.4, -0.2) is 44.7 Å². The number of carbonyl (C=O) groups excluding carboxylic acids is 2. The van der Waals surface area contributed by atoms with Gasteiger partial charge in [-0.15, -0.1) is 11.3 Å². The van der Waals surface area contributed by atoms with Gasteiger partial charge in [0.05, 0.1) is 10.6 Å². The highest BCUT2D eigenvalue weighted by atomic mass is 32.1. The predicted molar refractivity (Wildman–Crippen MR) is 110 cm³/mol. The van der Waals surface area contributed by atoms with Gasteiger partial charge in [-0.2, -0.15) is 13.2 Å².